The number of halogens is 1. The highest BCUT2D eigenvalue weighted by Gasteiger charge is 2.28. The van der Waals surface area contributed by atoms with Gasteiger partial charge in [-0.1, -0.05) is 12.1 Å². The zero-order valence-corrected chi connectivity index (χ0v) is 11.5. The summed E-state index contributed by atoms with van der Waals surface area (Å²) in [6, 6.07) is 8.53. The van der Waals surface area contributed by atoms with Gasteiger partial charge in [0.25, 0.3) is 5.69 Å². The summed E-state index contributed by atoms with van der Waals surface area (Å²) in [6.07, 6.45) is 1.55. The Hall–Kier alpha value is -3.02. The molecule has 3 rings (SSSR count). The number of rotatable bonds is 2. The van der Waals surface area contributed by atoms with Crippen molar-refractivity contribution < 1.29 is 18.8 Å². The molecular formula is C16H10FNO4. The lowest BCUT2D eigenvalue weighted by atomic mass is 10.0. The number of cyclic esters (lactones) is 1. The number of benzene rings is 2. The Morgan fingerprint density at radius 1 is 1.23 bits per heavy atom. The number of esters is 1. The van der Waals surface area contributed by atoms with E-state index in [1.165, 1.54) is 24.3 Å². The fourth-order valence-corrected chi connectivity index (χ4v) is 2.27. The number of fused-ring (bicyclic) bond motifs is 1. The van der Waals surface area contributed by atoms with Crippen LogP contribution in [0.2, 0.25) is 0 Å². The van der Waals surface area contributed by atoms with E-state index in [0.717, 1.165) is 0 Å². The average Bonchev–Trinajstić information content (AvgIpc) is 2.80. The SMILES string of the molecule is Cc1c(F)cccc1C=C1OC(=O)c2cc([N+](=O)[O-])ccc21. The topological polar surface area (TPSA) is 69.4 Å². The van der Waals surface area contributed by atoms with Crippen LogP contribution in [0.15, 0.2) is 36.4 Å². The van der Waals surface area contributed by atoms with Gasteiger partial charge in [0, 0.05) is 17.7 Å². The summed E-state index contributed by atoms with van der Waals surface area (Å²) >= 11 is 0. The van der Waals surface area contributed by atoms with Gasteiger partial charge in [-0.3, -0.25) is 10.1 Å². The molecule has 0 atom stereocenters. The van der Waals surface area contributed by atoms with Crippen LogP contribution in [0.1, 0.15) is 27.0 Å². The van der Waals surface area contributed by atoms with Crippen LogP contribution in [-0.4, -0.2) is 10.9 Å². The Morgan fingerprint density at radius 2 is 2.00 bits per heavy atom. The minimum atomic E-state index is -0.654. The van der Waals surface area contributed by atoms with E-state index in [-0.39, 0.29) is 22.8 Å². The van der Waals surface area contributed by atoms with E-state index in [1.807, 2.05) is 0 Å². The molecule has 6 heteroatoms. The average molecular weight is 299 g/mol. The maximum atomic E-state index is 13.6. The highest BCUT2D eigenvalue weighted by Crippen LogP contribution is 2.34. The lowest BCUT2D eigenvalue weighted by molar-refractivity contribution is -0.384. The third kappa shape index (κ3) is 2.24. The second-order valence-corrected chi connectivity index (χ2v) is 4.84. The second-order valence-electron chi connectivity index (χ2n) is 4.84. The number of non-ortho nitro benzene ring substituents is 1. The number of nitrogens with zero attached hydrogens (tertiary/aromatic N) is 1. The molecule has 0 saturated carbocycles. The van der Waals surface area contributed by atoms with Crippen LogP contribution in [0, 0.1) is 22.9 Å². The van der Waals surface area contributed by atoms with Crippen LogP contribution in [0.5, 0.6) is 0 Å². The lowest BCUT2D eigenvalue weighted by Gasteiger charge is -2.03. The summed E-state index contributed by atoms with van der Waals surface area (Å²) in [7, 11) is 0. The molecule has 0 N–H and O–H groups in total. The van der Waals surface area contributed by atoms with Gasteiger partial charge in [-0.2, -0.15) is 0 Å². The Labute approximate surface area is 124 Å². The van der Waals surface area contributed by atoms with Gasteiger partial charge in [0.2, 0.25) is 0 Å². The molecule has 0 unspecified atom stereocenters. The number of carbonyl (C=O) groups excluding carboxylic acids is 1. The molecular weight excluding hydrogens is 289 g/mol. The van der Waals surface area contributed by atoms with E-state index in [4.69, 9.17) is 4.74 Å². The zero-order chi connectivity index (χ0) is 15.9. The molecule has 110 valence electrons. The summed E-state index contributed by atoms with van der Waals surface area (Å²) in [5, 5.41) is 10.8. The first-order valence-corrected chi connectivity index (χ1v) is 6.45. The van der Waals surface area contributed by atoms with Crippen LogP contribution in [0.3, 0.4) is 0 Å². The highest BCUT2D eigenvalue weighted by molar-refractivity contribution is 6.06. The van der Waals surface area contributed by atoms with Crippen molar-refractivity contribution in [2.24, 2.45) is 0 Å². The molecule has 0 fully saturated rings. The van der Waals surface area contributed by atoms with E-state index in [9.17, 15) is 19.3 Å². The van der Waals surface area contributed by atoms with E-state index >= 15 is 0 Å². The van der Waals surface area contributed by atoms with Gasteiger partial charge in [0.1, 0.15) is 11.6 Å². The Kier molecular flexibility index (Phi) is 3.21. The summed E-state index contributed by atoms with van der Waals surface area (Å²) in [4.78, 5) is 22.0. The quantitative estimate of drug-likeness (QED) is 0.481. The van der Waals surface area contributed by atoms with Crippen LogP contribution < -0.4 is 0 Å². The third-order valence-electron chi connectivity index (χ3n) is 3.50. The van der Waals surface area contributed by atoms with Crippen molar-refractivity contribution in [1.82, 2.24) is 0 Å². The standard InChI is InChI=1S/C16H10FNO4/c1-9-10(3-2-4-14(9)17)7-15-12-6-5-11(18(20)21)8-13(12)16(19)22-15/h2-8H,1H3. The van der Waals surface area contributed by atoms with Gasteiger partial charge >= 0.3 is 5.97 Å². The van der Waals surface area contributed by atoms with E-state index in [0.29, 0.717) is 16.7 Å². The van der Waals surface area contributed by atoms with Crippen molar-refractivity contribution in [3.8, 4) is 0 Å². The third-order valence-corrected chi connectivity index (χ3v) is 3.50. The van der Waals surface area contributed by atoms with Gasteiger partial charge in [0.05, 0.1) is 10.5 Å². The normalized spacial score (nSPS) is 14.8. The Balaban J connectivity index is 2.10. The fraction of sp³-hybridized carbons (Fsp3) is 0.0625. The van der Waals surface area contributed by atoms with Crippen LogP contribution in [0.4, 0.5) is 10.1 Å². The predicted octanol–water partition coefficient (Wildman–Crippen LogP) is 3.71. The number of nitro benzene ring substituents is 1. The van der Waals surface area contributed by atoms with Crippen molar-refractivity contribution in [3.63, 3.8) is 0 Å². The number of hydrogen-bond donors (Lipinski definition) is 0. The molecule has 0 aromatic heterocycles. The fourth-order valence-electron chi connectivity index (χ4n) is 2.27. The van der Waals surface area contributed by atoms with Crippen molar-refractivity contribution in [1.29, 1.82) is 0 Å². The van der Waals surface area contributed by atoms with Gasteiger partial charge in [-0.25, -0.2) is 9.18 Å². The predicted molar refractivity (Wildman–Crippen MR) is 77.5 cm³/mol. The first-order valence-electron chi connectivity index (χ1n) is 6.45. The molecule has 0 saturated heterocycles. The van der Waals surface area contributed by atoms with Crippen LogP contribution in [0.25, 0.3) is 11.8 Å². The molecule has 1 aliphatic heterocycles. The van der Waals surface area contributed by atoms with Crippen molar-refractivity contribution in [2.75, 3.05) is 0 Å². The van der Waals surface area contributed by atoms with Gasteiger partial charge in [-0.15, -0.1) is 0 Å². The Bertz CT molecular complexity index is 842. The van der Waals surface area contributed by atoms with Crippen molar-refractivity contribution >= 4 is 23.5 Å². The monoisotopic (exact) mass is 299 g/mol. The van der Waals surface area contributed by atoms with Gasteiger partial charge < -0.3 is 4.74 Å². The van der Waals surface area contributed by atoms with Crippen molar-refractivity contribution in [2.45, 2.75) is 6.92 Å². The maximum Gasteiger partial charge on any atom is 0.344 e. The first-order chi connectivity index (χ1) is 10.5. The minimum absolute atomic E-state index is 0.134. The number of nitro groups is 1. The smallest absolute Gasteiger partial charge is 0.344 e. The highest BCUT2D eigenvalue weighted by atomic mass is 19.1. The molecule has 2 aromatic carbocycles. The molecule has 0 spiro atoms. The number of hydrogen-bond acceptors (Lipinski definition) is 4. The zero-order valence-electron chi connectivity index (χ0n) is 11.5. The van der Waals surface area contributed by atoms with Crippen molar-refractivity contribution in [3.05, 3.63) is 74.6 Å². The van der Waals surface area contributed by atoms with Gasteiger partial charge in [-0.05, 0) is 36.3 Å². The largest absolute Gasteiger partial charge is 0.422 e. The van der Waals surface area contributed by atoms with Crippen LogP contribution >= 0.6 is 0 Å². The summed E-state index contributed by atoms with van der Waals surface area (Å²) in [5.41, 5.74) is 1.42. The minimum Gasteiger partial charge on any atom is -0.422 e. The molecule has 1 heterocycles. The van der Waals surface area contributed by atoms with E-state index in [1.54, 1.807) is 25.1 Å². The molecule has 1 aliphatic rings. The first kappa shape index (κ1) is 13.9. The lowest BCUT2D eigenvalue weighted by Crippen LogP contribution is -1.95. The number of ether oxygens (including phenoxy) is 1. The second kappa shape index (κ2) is 5.07. The molecule has 0 aliphatic carbocycles. The van der Waals surface area contributed by atoms with Crippen LogP contribution in [-0.2, 0) is 4.74 Å². The molecule has 0 radical (unpaired) electrons. The van der Waals surface area contributed by atoms with E-state index < -0.39 is 10.9 Å². The molecule has 0 bridgehead atoms. The summed E-state index contributed by atoms with van der Waals surface area (Å²) in [5.74, 6) is -0.759. The molecule has 2 aromatic rings. The molecule has 22 heavy (non-hydrogen) atoms. The van der Waals surface area contributed by atoms with E-state index in [2.05, 4.69) is 0 Å². The molecule has 0 amide bonds. The summed E-state index contributed by atoms with van der Waals surface area (Å²) < 4.78 is 18.7. The van der Waals surface area contributed by atoms with Gasteiger partial charge in [0.15, 0.2) is 0 Å². The Morgan fingerprint density at radius 3 is 2.73 bits per heavy atom. The molecule has 5 nitrogen and oxygen atoms in total. The maximum absolute atomic E-state index is 13.6. The number of carbonyl (C=O) groups is 1. The summed E-state index contributed by atoms with van der Waals surface area (Å²) in [6.45, 7) is 1.62.